The summed E-state index contributed by atoms with van der Waals surface area (Å²) in [4.78, 5) is 0. The van der Waals surface area contributed by atoms with Crippen LogP contribution in [0.4, 0.5) is 0 Å². The van der Waals surface area contributed by atoms with Gasteiger partial charge in [-0.2, -0.15) is 0 Å². The van der Waals surface area contributed by atoms with Crippen molar-refractivity contribution < 1.29 is 8.23 Å². The molecule has 2 nitrogen and oxygen atoms in total. The van der Waals surface area contributed by atoms with Crippen LogP contribution in [-0.4, -0.2) is 26.6 Å². The topological polar surface area (TPSA) is 18.5 Å². The third-order valence-electron chi connectivity index (χ3n) is 4.31. The fourth-order valence-corrected chi connectivity index (χ4v) is 10.9. The first-order chi connectivity index (χ1) is 12.5. The van der Waals surface area contributed by atoms with Crippen molar-refractivity contribution in [2.45, 2.75) is 19.6 Å². The zero-order chi connectivity index (χ0) is 18.5. The first kappa shape index (κ1) is 19.0. The molecule has 3 rings (SSSR count). The molecule has 26 heavy (non-hydrogen) atoms. The van der Waals surface area contributed by atoms with Crippen molar-refractivity contribution in [1.29, 1.82) is 0 Å². The molecule has 5 heteroatoms. The molecule has 3 aromatic rings. The van der Waals surface area contributed by atoms with Crippen LogP contribution in [0.1, 0.15) is 0 Å². The van der Waals surface area contributed by atoms with Gasteiger partial charge < -0.3 is 8.23 Å². The lowest BCUT2D eigenvalue weighted by atomic mass is 10.3. The largest absolute Gasteiger partial charge is 0.441 e. The van der Waals surface area contributed by atoms with Gasteiger partial charge in [-0.3, -0.25) is 0 Å². The molecule has 0 fully saturated rings. The molecular formula is C21H26O2Si3. The van der Waals surface area contributed by atoms with E-state index >= 15 is 0 Å². The number of rotatable bonds is 7. The van der Waals surface area contributed by atoms with Crippen LogP contribution in [0.25, 0.3) is 0 Å². The lowest BCUT2D eigenvalue weighted by Crippen LogP contribution is -2.70. The zero-order valence-electron chi connectivity index (χ0n) is 15.7. The highest BCUT2D eigenvalue weighted by atomic mass is 28.4. The summed E-state index contributed by atoms with van der Waals surface area (Å²) in [5, 5.41) is 3.80. The van der Waals surface area contributed by atoms with Crippen LogP contribution in [-0.2, 0) is 8.23 Å². The van der Waals surface area contributed by atoms with E-state index in [4.69, 9.17) is 8.23 Å². The Balaban J connectivity index is 2.15. The van der Waals surface area contributed by atoms with Crippen molar-refractivity contribution in [2.24, 2.45) is 0 Å². The minimum absolute atomic E-state index is 1.10. The van der Waals surface area contributed by atoms with Gasteiger partial charge in [-0.25, -0.2) is 0 Å². The maximum atomic E-state index is 6.85. The van der Waals surface area contributed by atoms with Crippen LogP contribution in [0.3, 0.4) is 0 Å². The molecule has 0 saturated heterocycles. The third-order valence-corrected chi connectivity index (χ3v) is 13.9. The normalized spacial score (nSPS) is 12.6. The van der Waals surface area contributed by atoms with Crippen molar-refractivity contribution in [2.75, 3.05) is 0 Å². The first-order valence-electron chi connectivity index (χ1n) is 8.97. The summed E-state index contributed by atoms with van der Waals surface area (Å²) < 4.78 is 13.1. The second-order valence-electron chi connectivity index (χ2n) is 7.30. The molecule has 0 atom stereocenters. The lowest BCUT2D eigenvalue weighted by molar-refractivity contribution is 0.465. The molecule has 0 aliphatic rings. The predicted octanol–water partition coefficient (Wildman–Crippen LogP) is 2.52. The zero-order valence-corrected chi connectivity index (χ0v) is 19.1. The van der Waals surface area contributed by atoms with Crippen molar-refractivity contribution in [1.82, 2.24) is 0 Å². The molecule has 0 N–H and O–H groups in total. The Hall–Kier alpha value is -1.77. The molecule has 0 bridgehead atoms. The molecule has 0 aliphatic heterocycles. The average Bonchev–Trinajstić information content (AvgIpc) is 2.67. The van der Waals surface area contributed by atoms with E-state index in [1.165, 1.54) is 15.6 Å². The number of hydrogen-bond acceptors (Lipinski definition) is 2. The summed E-state index contributed by atoms with van der Waals surface area (Å²) in [6, 6.07) is 32.0. The van der Waals surface area contributed by atoms with Gasteiger partial charge in [0.15, 0.2) is 8.32 Å². The predicted molar refractivity (Wildman–Crippen MR) is 118 cm³/mol. The second-order valence-corrected chi connectivity index (χ2v) is 17.2. The third kappa shape index (κ3) is 4.31. The molecule has 0 aromatic heterocycles. The maximum absolute atomic E-state index is 6.85. The van der Waals surface area contributed by atoms with E-state index in [1.54, 1.807) is 0 Å². The highest BCUT2D eigenvalue weighted by molar-refractivity contribution is 7.08. The van der Waals surface area contributed by atoms with E-state index in [0.29, 0.717) is 0 Å². The van der Waals surface area contributed by atoms with Crippen molar-refractivity contribution >= 4 is 42.2 Å². The fraction of sp³-hybridized carbons (Fsp3) is 0.143. The van der Waals surface area contributed by atoms with Crippen LogP contribution >= 0.6 is 0 Å². The van der Waals surface area contributed by atoms with Crippen LogP contribution in [0, 0.1) is 0 Å². The molecule has 0 radical (unpaired) electrons. The molecule has 0 spiro atoms. The second kappa shape index (κ2) is 8.28. The van der Waals surface area contributed by atoms with Gasteiger partial charge in [0.25, 0.3) is 18.3 Å². The summed E-state index contributed by atoms with van der Waals surface area (Å²) in [6.07, 6.45) is 0. The minimum atomic E-state index is -2.56. The lowest BCUT2D eigenvalue weighted by Gasteiger charge is -2.34. The Morgan fingerprint density at radius 3 is 1.19 bits per heavy atom. The molecule has 0 aliphatic carbocycles. The van der Waals surface area contributed by atoms with E-state index in [2.05, 4.69) is 111 Å². The molecule has 3 aromatic carbocycles. The van der Waals surface area contributed by atoms with E-state index in [-0.39, 0.29) is 0 Å². The van der Waals surface area contributed by atoms with E-state index in [9.17, 15) is 0 Å². The van der Waals surface area contributed by atoms with Gasteiger partial charge >= 0.3 is 0 Å². The summed E-state index contributed by atoms with van der Waals surface area (Å²) in [7, 11) is -5.27. The first-order valence-corrected chi connectivity index (χ1v) is 15.4. The Morgan fingerprint density at radius 2 is 0.885 bits per heavy atom. The van der Waals surface area contributed by atoms with E-state index in [1.807, 2.05) is 0 Å². The van der Waals surface area contributed by atoms with Gasteiger partial charge in [0, 0.05) is 0 Å². The maximum Gasteiger partial charge on any atom is 0.284 e. The van der Waals surface area contributed by atoms with Crippen LogP contribution in [0.15, 0.2) is 91.0 Å². The molecule has 0 saturated carbocycles. The standard InChI is InChI=1S/C21H26O2Si3/c1-25(2,3)22-24-23-26(19-13-7-4-8-14-19,20-15-9-5-10-16-20)21-17-11-6-12-18-21/h4-18H,24H2,1-3H3. The monoisotopic (exact) mass is 394 g/mol. The van der Waals surface area contributed by atoms with Crippen molar-refractivity contribution in [3.8, 4) is 0 Å². The quantitative estimate of drug-likeness (QED) is 0.453. The molecule has 134 valence electrons. The van der Waals surface area contributed by atoms with Crippen LogP contribution in [0.5, 0.6) is 0 Å². The Labute approximate surface area is 161 Å². The van der Waals surface area contributed by atoms with Gasteiger partial charge in [-0.15, -0.1) is 0 Å². The van der Waals surface area contributed by atoms with Gasteiger partial charge in [0.05, 0.1) is 0 Å². The molecule has 0 amide bonds. The summed E-state index contributed by atoms with van der Waals surface area (Å²) in [5.41, 5.74) is 0. The summed E-state index contributed by atoms with van der Waals surface area (Å²) >= 11 is 0. The highest BCUT2D eigenvalue weighted by Crippen LogP contribution is 2.11. The van der Waals surface area contributed by atoms with Gasteiger partial charge in [-0.1, -0.05) is 91.0 Å². The van der Waals surface area contributed by atoms with Crippen LogP contribution in [0.2, 0.25) is 19.6 Å². The van der Waals surface area contributed by atoms with E-state index in [0.717, 1.165) is 0 Å². The Kier molecular flexibility index (Phi) is 6.05. The van der Waals surface area contributed by atoms with Gasteiger partial charge in [0.2, 0.25) is 0 Å². The van der Waals surface area contributed by atoms with E-state index < -0.39 is 26.6 Å². The molecule has 0 heterocycles. The van der Waals surface area contributed by atoms with Crippen LogP contribution < -0.4 is 15.6 Å². The highest BCUT2D eigenvalue weighted by Gasteiger charge is 2.41. The fourth-order valence-electron chi connectivity index (χ4n) is 3.06. The van der Waals surface area contributed by atoms with Gasteiger partial charge in [0.1, 0.15) is 0 Å². The smallest absolute Gasteiger partial charge is 0.284 e. The summed E-state index contributed by atoms with van der Waals surface area (Å²) in [6.45, 7) is 6.67. The molecular weight excluding hydrogens is 368 g/mol. The Bertz CT molecular complexity index is 706. The molecule has 0 unspecified atom stereocenters. The van der Waals surface area contributed by atoms with Gasteiger partial charge in [-0.05, 0) is 35.2 Å². The number of benzene rings is 3. The van der Waals surface area contributed by atoms with Crippen molar-refractivity contribution in [3.63, 3.8) is 0 Å². The Morgan fingerprint density at radius 1 is 0.538 bits per heavy atom. The number of hydrogen-bond donors (Lipinski definition) is 0. The summed E-state index contributed by atoms with van der Waals surface area (Å²) in [5.74, 6) is 0. The average molecular weight is 395 g/mol. The SMILES string of the molecule is C[Si](C)(C)O[SiH2]O[Si](c1ccccc1)(c1ccccc1)c1ccccc1. The minimum Gasteiger partial charge on any atom is -0.441 e. The van der Waals surface area contributed by atoms with Crippen molar-refractivity contribution in [3.05, 3.63) is 91.0 Å².